The molecule has 0 saturated carbocycles. The minimum absolute atomic E-state index is 0.0176. The second-order valence-corrected chi connectivity index (χ2v) is 6.83. The van der Waals surface area contributed by atoms with Crippen LogP contribution in [0.2, 0.25) is 0 Å². The van der Waals surface area contributed by atoms with Crippen LogP contribution in [-0.4, -0.2) is 20.8 Å². The van der Waals surface area contributed by atoms with E-state index >= 15 is 0 Å². The van der Waals surface area contributed by atoms with Crippen molar-refractivity contribution in [1.82, 2.24) is 0 Å². The van der Waals surface area contributed by atoms with E-state index in [1.807, 2.05) is 6.92 Å². The fraction of sp³-hybridized carbons (Fsp3) is 0.333. The normalized spacial score (nSPS) is 11.6. The Morgan fingerprint density at radius 3 is 2.36 bits per heavy atom. The van der Waals surface area contributed by atoms with E-state index in [0.717, 1.165) is 5.56 Å². The topological polar surface area (TPSA) is 34.1 Å². The molecular formula is C9H11FO2S2. The molecule has 0 aliphatic carbocycles. The van der Waals surface area contributed by atoms with Crippen LogP contribution < -0.4 is 0 Å². The Morgan fingerprint density at radius 2 is 1.86 bits per heavy atom. The highest BCUT2D eigenvalue weighted by Gasteiger charge is 2.13. The molecule has 0 amide bonds. The van der Waals surface area contributed by atoms with E-state index in [1.54, 1.807) is 12.1 Å². The maximum atomic E-state index is 11.8. The van der Waals surface area contributed by atoms with Gasteiger partial charge in [-0.1, -0.05) is 17.7 Å². The summed E-state index contributed by atoms with van der Waals surface area (Å²) in [6.45, 7) is 1.25. The summed E-state index contributed by atoms with van der Waals surface area (Å²) in [5.74, 6) is -0.0176. The number of rotatable bonds is 4. The molecule has 5 heteroatoms. The van der Waals surface area contributed by atoms with Gasteiger partial charge >= 0.3 is 0 Å². The SMILES string of the molecule is Cc1ccc(S(=O)(=O)SCCF)cc1. The Hall–Kier alpha value is -0.550. The smallest absolute Gasteiger partial charge is 0.230 e. The van der Waals surface area contributed by atoms with Gasteiger partial charge in [-0.3, -0.25) is 4.39 Å². The van der Waals surface area contributed by atoms with E-state index in [4.69, 9.17) is 0 Å². The number of aryl methyl sites for hydroxylation is 1. The fourth-order valence-electron chi connectivity index (χ4n) is 0.914. The highest BCUT2D eigenvalue weighted by Crippen LogP contribution is 2.23. The summed E-state index contributed by atoms with van der Waals surface area (Å²) in [5.41, 5.74) is 0.999. The number of hydrogen-bond donors (Lipinski definition) is 0. The first kappa shape index (κ1) is 11.5. The molecule has 0 unspecified atom stereocenters. The molecule has 0 bridgehead atoms. The van der Waals surface area contributed by atoms with Gasteiger partial charge in [0.1, 0.15) is 0 Å². The maximum absolute atomic E-state index is 11.8. The van der Waals surface area contributed by atoms with Gasteiger partial charge in [0.15, 0.2) is 0 Å². The van der Waals surface area contributed by atoms with Crippen molar-refractivity contribution in [3.05, 3.63) is 29.8 Å². The van der Waals surface area contributed by atoms with Crippen molar-refractivity contribution < 1.29 is 12.8 Å². The van der Waals surface area contributed by atoms with Crippen molar-refractivity contribution in [3.8, 4) is 0 Å². The molecule has 0 spiro atoms. The summed E-state index contributed by atoms with van der Waals surface area (Å²) in [7, 11) is -2.73. The lowest BCUT2D eigenvalue weighted by molar-refractivity contribution is 0.533. The number of alkyl halides is 1. The molecule has 0 radical (unpaired) electrons. The molecule has 0 aliphatic heterocycles. The first-order valence-corrected chi connectivity index (χ1v) is 7.07. The minimum atomic E-state index is -3.36. The predicted molar refractivity (Wildman–Crippen MR) is 56.8 cm³/mol. The highest BCUT2D eigenvalue weighted by molar-refractivity contribution is 8.72. The Bertz CT molecular complexity index is 384. The van der Waals surface area contributed by atoms with Crippen molar-refractivity contribution >= 4 is 19.7 Å². The van der Waals surface area contributed by atoms with Crippen molar-refractivity contribution in [1.29, 1.82) is 0 Å². The molecule has 0 saturated heterocycles. The fourth-order valence-corrected chi connectivity index (χ4v) is 3.39. The molecule has 1 aromatic carbocycles. The molecule has 1 rings (SSSR count). The molecule has 0 N–H and O–H groups in total. The van der Waals surface area contributed by atoms with Crippen LogP contribution in [0.15, 0.2) is 29.2 Å². The number of benzene rings is 1. The molecule has 0 aromatic heterocycles. The molecule has 2 nitrogen and oxygen atoms in total. The van der Waals surface area contributed by atoms with Crippen molar-refractivity contribution in [2.45, 2.75) is 11.8 Å². The third kappa shape index (κ3) is 2.99. The average molecular weight is 234 g/mol. The van der Waals surface area contributed by atoms with Gasteiger partial charge in [-0.05, 0) is 29.9 Å². The van der Waals surface area contributed by atoms with Gasteiger partial charge in [0.05, 0.1) is 11.6 Å². The molecule has 0 heterocycles. The van der Waals surface area contributed by atoms with Crippen LogP contribution in [-0.2, 0) is 8.87 Å². The molecule has 0 atom stereocenters. The van der Waals surface area contributed by atoms with E-state index in [0.29, 0.717) is 10.8 Å². The Kier molecular flexibility index (Phi) is 3.95. The zero-order valence-corrected chi connectivity index (χ0v) is 9.37. The van der Waals surface area contributed by atoms with Crippen LogP contribution in [0, 0.1) is 6.92 Å². The number of halogens is 1. The van der Waals surface area contributed by atoms with Gasteiger partial charge < -0.3 is 0 Å². The van der Waals surface area contributed by atoms with Crippen molar-refractivity contribution in [2.75, 3.05) is 12.4 Å². The summed E-state index contributed by atoms with van der Waals surface area (Å²) in [5, 5.41) is 0. The van der Waals surface area contributed by atoms with E-state index in [1.165, 1.54) is 12.1 Å². The zero-order valence-electron chi connectivity index (χ0n) is 7.73. The largest absolute Gasteiger partial charge is 0.250 e. The quantitative estimate of drug-likeness (QED) is 0.750. The highest BCUT2D eigenvalue weighted by atomic mass is 33.1. The summed E-state index contributed by atoms with van der Waals surface area (Å²) in [6.07, 6.45) is 0. The van der Waals surface area contributed by atoms with Crippen LogP contribution in [0.3, 0.4) is 0 Å². The van der Waals surface area contributed by atoms with Gasteiger partial charge in [0.2, 0.25) is 8.87 Å². The Labute approximate surface area is 86.8 Å². The van der Waals surface area contributed by atoms with Gasteiger partial charge in [-0.2, -0.15) is 0 Å². The average Bonchev–Trinajstić information content (AvgIpc) is 2.16. The summed E-state index contributed by atoms with van der Waals surface area (Å²) < 4.78 is 34.8. The minimum Gasteiger partial charge on any atom is -0.250 e. The lowest BCUT2D eigenvalue weighted by Crippen LogP contribution is -1.97. The van der Waals surface area contributed by atoms with Crippen LogP contribution in [0.25, 0.3) is 0 Å². The molecule has 14 heavy (non-hydrogen) atoms. The Morgan fingerprint density at radius 1 is 1.29 bits per heavy atom. The van der Waals surface area contributed by atoms with Crippen LogP contribution in [0.1, 0.15) is 5.56 Å². The Balaban J connectivity index is 2.87. The molecule has 0 aliphatic rings. The second kappa shape index (κ2) is 4.79. The number of hydrogen-bond acceptors (Lipinski definition) is 3. The lowest BCUT2D eigenvalue weighted by Gasteiger charge is -2.02. The first-order valence-electron chi connectivity index (χ1n) is 4.08. The van der Waals surface area contributed by atoms with Gasteiger partial charge in [-0.25, -0.2) is 8.42 Å². The van der Waals surface area contributed by atoms with Crippen LogP contribution in [0.5, 0.6) is 0 Å². The van der Waals surface area contributed by atoms with Gasteiger partial charge in [-0.15, -0.1) is 0 Å². The van der Waals surface area contributed by atoms with Gasteiger partial charge in [0.25, 0.3) is 0 Å². The van der Waals surface area contributed by atoms with E-state index in [-0.39, 0.29) is 10.6 Å². The third-order valence-corrected chi connectivity index (χ3v) is 5.11. The van der Waals surface area contributed by atoms with Crippen molar-refractivity contribution in [2.24, 2.45) is 0 Å². The van der Waals surface area contributed by atoms with E-state index in [2.05, 4.69) is 0 Å². The van der Waals surface area contributed by atoms with E-state index in [9.17, 15) is 12.8 Å². The van der Waals surface area contributed by atoms with Gasteiger partial charge in [0, 0.05) is 5.75 Å². The third-order valence-electron chi connectivity index (χ3n) is 1.63. The first-order chi connectivity index (χ1) is 6.56. The summed E-state index contributed by atoms with van der Waals surface area (Å²) in [6, 6.07) is 6.53. The molecule has 78 valence electrons. The monoisotopic (exact) mass is 234 g/mol. The maximum Gasteiger partial charge on any atom is 0.230 e. The van der Waals surface area contributed by atoms with Crippen LogP contribution in [0.4, 0.5) is 4.39 Å². The zero-order chi connectivity index (χ0) is 10.6. The second-order valence-electron chi connectivity index (χ2n) is 2.78. The molecular weight excluding hydrogens is 223 g/mol. The summed E-state index contributed by atoms with van der Waals surface area (Å²) in [4.78, 5) is 0.238. The predicted octanol–water partition coefficient (Wildman–Crippen LogP) is 2.39. The lowest BCUT2D eigenvalue weighted by atomic mass is 10.2. The molecule has 1 aromatic rings. The standard InChI is InChI=1S/C9H11FO2S2/c1-8-2-4-9(5-3-8)14(11,12)13-7-6-10/h2-5H,6-7H2,1H3. The van der Waals surface area contributed by atoms with Crippen LogP contribution >= 0.6 is 10.8 Å². The summed E-state index contributed by atoms with van der Waals surface area (Å²) >= 11 is 0. The molecule has 0 fully saturated rings. The van der Waals surface area contributed by atoms with E-state index < -0.39 is 15.5 Å². The van der Waals surface area contributed by atoms with Crippen molar-refractivity contribution in [3.63, 3.8) is 0 Å².